The minimum atomic E-state index is -0.433. The van der Waals surface area contributed by atoms with E-state index in [4.69, 9.17) is 10.00 Å². The molecule has 11 nitrogen and oxygen atoms in total. The number of fused-ring (bicyclic) bond motifs is 1. The van der Waals surface area contributed by atoms with Gasteiger partial charge in [0.15, 0.2) is 5.65 Å². The smallest absolute Gasteiger partial charge is 0.321 e. The van der Waals surface area contributed by atoms with Crippen molar-refractivity contribution in [3.8, 4) is 12.1 Å². The number of amides is 1. The Hall–Kier alpha value is -3.81. The lowest BCUT2D eigenvalue weighted by Crippen LogP contribution is -2.42. The Labute approximate surface area is 200 Å². The number of hydrogen-bond acceptors (Lipinski definition) is 9. The molecule has 3 aromatic rings. The van der Waals surface area contributed by atoms with Crippen molar-refractivity contribution in [2.45, 2.75) is 57.9 Å². The summed E-state index contributed by atoms with van der Waals surface area (Å²) in [6, 6.07) is 6.13. The molecule has 0 atom stereocenters. The van der Waals surface area contributed by atoms with Crippen molar-refractivity contribution >= 4 is 22.9 Å². The van der Waals surface area contributed by atoms with Gasteiger partial charge in [0.1, 0.15) is 0 Å². The molecule has 2 N–H and O–H groups in total. The number of nitriles is 1. The summed E-state index contributed by atoms with van der Waals surface area (Å²) in [6.45, 7) is 7.40. The molecule has 0 bridgehead atoms. The molecule has 1 fully saturated rings. The van der Waals surface area contributed by atoms with E-state index in [9.17, 15) is 4.79 Å². The van der Waals surface area contributed by atoms with Gasteiger partial charge in [-0.2, -0.15) is 25.3 Å². The SMILES string of the molecule is CC(C)(C)NC(=O)c1nc(OCCCC#N)nc(N2CCC(c3[nH]nc4ncccc34)CC2)n1.[HH].[HH]. The largest absolute Gasteiger partial charge is 0.463 e. The summed E-state index contributed by atoms with van der Waals surface area (Å²) in [5.74, 6) is 0.365. The van der Waals surface area contributed by atoms with Crippen LogP contribution in [0.2, 0.25) is 0 Å². The average Bonchev–Trinajstić information content (AvgIpc) is 3.25. The number of H-pyrrole nitrogens is 1. The lowest BCUT2D eigenvalue weighted by molar-refractivity contribution is 0.0906. The molecule has 1 aliphatic rings. The molecule has 0 saturated carbocycles. The van der Waals surface area contributed by atoms with E-state index in [1.807, 2.05) is 37.8 Å². The van der Waals surface area contributed by atoms with E-state index in [1.165, 1.54) is 0 Å². The first-order chi connectivity index (χ1) is 16.3. The summed E-state index contributed by atoms with van der Waals surface area (Å²) in [6.07, 6.45) is 4.42. The van der Waals surface area contributed by atoms with Gasteiger partial charge in [0.05, 0.1) is 12.7 Å². The van der Waals surface area contributed by atoms with Gasteiger partial charge in [0.2, 0.25) is 11.8 Å². The summed E-state index contributed by atoms with van der Waals surface area (Å²) in [5.41, 5.74) is 1.40. The molecule has 3 aromatic heterocycles. The highest BCUT2D eigenvalue weighted by Gasteiger charge is 2.27. The van der Waals surface area contributed by atoms with Gasteiger partial charge in [-0.05, 0) is 52.2 Å². The lowest BCUT2D eigenvalue weighted by atomic mass is 9.92. The molecule has 0 unspecified atom stereocenters. The Morgan fingerprint density at radius 3 is 2.85 bits per heavy atom. The van der Waals surface area contributed by atoms with Crippen molar-refractivity contribution in [1.82, 2.24) is 35.5 Å². The molecule has 0 aliphatic carbocycles. The molecule has 4 rings (SSSR count). The van der Waals surface area contributed by atoms with Crippen molar-refractivity contribution in [3.05, 3.63) is 29.8 Å². The van der Waals surface area contributed by atoms with Crippen molar-refractivity contribution in [3.63, 3.8) is 0 Å². The highest BCUT2D eigenvalue weighted by molar-refractivity contribution is 5.91. The number of aromatic amines is 1. The Bertz CT molecular complexity index is 1200. The van der Waals surface area contributed by atoms with Crippen LogP contribution in [0.15, 0.2) is 18.3 Å². The zero-order valence-electron chi connectivity index (χ0n) is 19.7. The second-order valence-corrected chi connectivity index (χ2v) is 9.33. The van der Waals surface area contributed by atoms with E-state index in [1.54, 1.807) is 6.20 Å². The average molecular weight is 468 g/mol. The molecule has 4 heterocycles. The number of carbonyl (C=O) groups is 1. The number of piperidine rings is 1. The van der Waals surface area contributed by atoms with Crippen LogP contribution in [-0.4, -0.2) is 61.3 Å². The fourth-order valence-electron chi connectivity index (χ4n) is 3.91. The van der Waals surface area contributed by atoms with Gasteiger partial charge in [-0.25, -0.2) is 4.98 Å². The van der Waals surface area contributed by atoms with Crippen LogP contribution in [0.25, 0.3) is 11.0 Å². The minimum absolute atomic E-state index is 0. The molecular weight excluding hydrogens is 434 g/mol. The number of aromatic nitrogens is 6. The van der Waals surface area contributed by atoms with Gasteiger partial charge in [-0.15, -0.1) is 0 Å². The monoisotopic (exact) mass is 467 g/mol. The number of carbonyl (C=O) groups excluding carboxylic acids is 1. The second-order valence-electron chi connectivity index (χ2n) is 9.33. The summed E-state index contributed by atoms with van der Waals surface area (Å²) in [5, 5.41) is 20.2. The topological polar surface area (TPSA) is 146 Å². The van der Waals surface area contributed by atoms with Crippen molar-refractivity contribution in [1.29, 1.82) is 5.26 Å². The minimum Gasteiger partial charge on any atom is -0.463 e. The first-order valence-corrected chi connectivity index (χ1v) is 11.5. The Morgan fingerprint density at radius 2 is 2.12 bits per heavy atom. The standard InChI is InChI=1S/C23H29N9O2.2H2/c1-23(2,3)29-20(33)19-26-21(28-22(27-19)34-14-5-4-10-24)32-12-8-15(9-13-32)17-16-7-6-11-25-18(16)31-30-17;;/h6-7,11,15H,4-5,8-9,12-14H2,1-3H3,(H,29,33)(H,25,30,31);2*1H. The molecule has 11 heteroatoms. The van der Waals surface area contributed by atoms with Gasteiger partial charge in [-0.1, -0.05) is 0 Å². The molecule has 1 amide bonds. The number of rotatable bonds is 7. The highest BCUT2D eigenvalue weighted by atomic mass is 16.5. The molecule has 0 radical (unpaired) electrons. The van der Waals surface area contributed by atoms with Crippen LogP contribution in [0.5, 0.6) is 6.01 Å². The lowest BCUT2D eigenvalue weighted by Gasteiger charge is -2.31. The highest BCUT2D eigenvalue weighted by Crippen LogP contribution is 2.32. The van der Waals surface area contributed by atoms with E-state index >= 15 is 0 Å². The number of ether oxygens (including phenoxy) is 1. The number of nitrogens with one attached hydrogen (secondary N) is 2. The van der Waals surface area contributed by atoms with Crippen LogP contribution in [0, 0.1) is 11.3 Å². The first kappa shape index (κ1) is 23.4. The number of anilines is 1. The van der Waals surface area contributed by atoms with E-state index < -0.39 is 5.54 Å². The Balaban J connectivity index is 0.00000228. The molecule has 34 heavy (non-hydrogen) atoms. The number of nitrogens with zero attached hydrogens (tertiary/aromatic N) is 7. The Kier molecular flexibility index (Phi) is 6.86. The summed E-state index contributed by atoms with van der Waals surface area (Å²) >= 11 is 0. The molecule has 1 saturated heterocycles. The maximum Gasteiger partial charge on any atom is 0.321 e. The summed E-state index contributed by atoms with van der Waals surface area (Å²) < 4.78 is 5.65. The van der Waals surface area contributed by atoms with Gasteiger partial charge in [0, 0.05) is 51.1 Å². The summed E-state index contributed by atoms with van der Waals surface area (Å²) in [4.78, 5) is 32.2. The van der Waals surface area contributed by atoms with Crippen LogP contribution in [0.3, 0.4) is 0 Å². The number of unbranched alkanes of at least 4 members (excludes halogenated alkanes) is 1. The van der Waals surface area contributed by atoms with Crippen molar-refractivity contribution in [2.24, 2.45) is 0 Å². The van der Waals surface area contributed by atoms with E-state index in [-0.39, 0.29) is 20.6 Å². The molecule has 182 valence electrons. The van der Waals surface area contributed by atoms with Gasteiger partial charge >= 0.3 is 6.01 Å². The first-order valence-electron chi connectivity index (χ1n) is 11.5. The van der Waals surface area contributed by atoms with Crippen molar-refractivity contribution in [2.75, 3.05) is 24.6 Å². The quantitative estimate of drug-likeness (QED) is 0.500. The molecular formula is C23H33N9O2. The molecule has 0 aromatic carbocycles. The van der Waals surface area contributed by atoms with Gasteiger partial charge in [-0.3, -0.25) is 9.89 Å². The van der Waals surface area contributed by atoms with Crippen LogP contribution in [-0.2, 0) is 0 Å². The fraction of sp³-hybridized carbons (Fsp3) is 0.522. The zero-order chi connectivity index (χ0) is 24.1. The normalized spacial score (nSPS) is 14.7. The Morgan fingerprint density at radius 1 is 1.32 bits per heavy atom. The fourth-order valence-corrected chi connectivity index (χ4v) is 3.91. The number of pyridine rings is 1. The van der Waals surface area contributed by atoms with Gasteiger partial charge in [0.25, 0.3) is 5.91 Å². The van der Waals surface area contributed by atoms with E-state index in [0.717, 1.165) is 29.6 Å². The van der Waals surface area contributed by atoms with Gasteiger partial charge < -0.3 is 15.0 Å². The third-order valence-electron chi connectivity index (χ3n) is 5.50. The zero-order valence-corrected chi connectivity index (χ0v) is 19.7. The van der Waals surface area contributed by atoms with Crippen LogP contribution in [0.1, 0.15) is 71.5 Å². The predicted octanol–water partition coefficient (Wildman–Crippen LogP) is 3.23. The van der Waals surface area contributed by atoms with Crippen LogP contribution < -0.4 is 15.0 Å². The number of hydrogen-bond donors (Lipinski definition) is 2. The van der Waals surface area contributed by atoms with Crippen molar-refractivity contribution < 1.29 is 12.4 Å². The maximum atomic E-state index is 12.8. The van der Waals surface area contributed by atoms with E-state index in [0.29, 0.717) is 44.4 Å². The predicted molar refractivity (Wildman–Crippen MR) is 130 cm³/mol. The molecule has 0 spiro atoms. The van der Waals surface area contributed by atoms with Crippen LogP contribution >= 0.6 is 0 Å². The maximum absolute atomic E-state index is 12.8. The van der Waals surface area contributed by atoms with Crippen LogP contribution in [0.4, 0.5) is 5.95 Å². The summed E-state index contributed by atoms with van der Waals surface area (Å²) in [7, 11) is 0. The second kappa shape index (κ2) is 9.99. The third kappa shape index (κ3) is 5.57. The van der Waals surface area contributed by atoms with E-state index in [2.05, 4.69) is 41.5 Å². The third-order valence-corrected chi connectivity index (χ3v) is 5.50. The molecule has 1 aliphatic heterocycles.